The van der Waals surface area contributed by atoms with Crippen molar-refractivity contribution in [1.82, 2.24) is 4.90 Å². The number of amides is 1. The van der Waals surface area contributed by atoms with Gasteiger partial charge in [-0.25, -0.2) is 0 Å². The number of likely N-dealkylation sites (tertiary alicyclic amines) is 1. The molecule has 1 saturated heterocycles. The fourth-order valence-corrected chi connectivity index (χ4v) is 4.13. The predicted octanol–water partition coefficient (Wildman–Crippen LogP) is 2.34. The van der Waals surface area contributed by atoms with Crippen molar-refractivity contribution in [3.8, 4) is 17.2 Å². The van der Waals surface area contributed by atoms with Gasteiger partial charge in [0.05, 0.1) is 6.10 Å². The molecule has 0 unspecified atom stereocenters. The van der Waals surface area contributed by atoms with Crippen molar-refractivity contribution < 1.29 is 37.3 Å². The van der Waals surface area contributed by atoms with E-state index in [9.17, 15) is 23.1 Å². The number of aliphatic hydroxyl groups excluding tert-OH is 1. The number of fused-ring (bicyclic) bond motifs is 2. The van der Waals surface area contributed by atoms with Crippen LogP contribution in [0.15, 0.2) is 18.2 Å². The molecule has 1 N–H and O–H groups in total. The summed E-state index contributed by atoms with van der Waals surface area (Å²) in [5.41, 5.74) is 0. The number of carbonyl (C=O) groups is 1. The number of alkyl halides is 3. The Labute approximate surface area is 153 Å². The molecule has 2 fully saturated rings. The van der Waals surface area contributed by atoms with Gasteiger partial charge in [0.25, 0.3) is 0 Å². The Morgan fingerprint density at radius 2 is 1.89 bits per heavy atom. The third-order valence-corrected chi connectivity index (χ3v) is 5.42. The van der Waals surface area contributed by atoms with Crippen LogP contribution in [0.1, 0.15) is 19.3 Å². The molecule has 0 spiro atoms. The largest absolute Gasteiger partial charge is 0.488 e. The van der Waals surface area contributed by atoms with Gasteiger partial charge in [0.2, 0.25) is 12.7 Å². The zero-order valence-corrected chi connectivity index (χ0v) is 14.4. The van der Waals surface area contributed by atoms with Crippen molar-refractivity contribution >= 4 is 5.91 Å². The number of hydrogen-bond donors (Lipinski definition) is 1. The summed E-state index contributed by atoms with van der Waals surface area (Å²) in [6, 6.07) is 5.14. The molecule has 148 valence electrons. The van der Waals surface area contributed by atoms with E-state index in [0.717, 1.165) is 0 Å². The van der Waals surface area contributed by atoms with Gasteiger partial charge in [0.15, 0.2) is 11.5 Å². The SMILES string of the molecule is O=C(CC(F)(F)F)N1C[C@H]2C[C@@H](Oc3ccc4c(c3)OCO4)[C@H](O)C[C@H]2C1. The molecule has 2 aliphatic heterocycles. The van der Waals surface area contributed by atoms with E-state index in [1.54, 1.807) is 18.2 Å². The normalized spacial score (nSPS) is 29.6. The molecule has 6 nitrogen and oxygen atoms in total. The molecule has 1 aromatic carbocycles. The van der Waals surface area contributed by atoms with E-state index in [2.05, 4.69) is 0 Å². The second-order valence-electron chi connectivity index (χ2n) is 7.32. The molecule has 9 heteroatoms. The molecule has 1 aliphatic carbocycles. The van der Waals surface area contributed by atoms with Gasteiger partial charge in [-0.15, -0.1) is 0 Å². The van der Waals surface area contributed by atoms with Crippen LogP contribution in [0.5, 0.6) is 17.2 Å². The molecule has 1 saturated carbocycles. The Bertz CT molecular complexity index is 725. The van der Waals surface area contributed by atoms with Crippen LogP contribution in [-0.2, 0) is 4.79 Å². The van der Waals surface area contributed by atoms with Crippen LogP contribution in [0, 0.1) is 11.8 Å². The highest BCUT2D eigenvalue weighted by atomic mass is 19.4. The summed E-state index contributed by atoms with van der Waals surface area (Å²) in [6.07, 6.45) is -6.29. The van der Waals surface area contributed by atoms with Crippen molar-refractivity contribution in [1.29, 1.82) is 0 Å². The zero-order valence-electron chi connectivity index (χ0n) is 14.4. The second-order valence-corrected chi connectivity index (χ2v) is 7.32. The van der Waals surface area contributed by atoms with Crippen LogP contribution in [-0.4, -0.2) is 54.2 Å². The minimum absolute atomic E-state index is 0.00575. The number of ether oxygens (including phenoxy) is 3. The number of hydrogen-bond acceptors (Lipinski definition) is 5. The van der Waals surface area contributed by atoms with E-state index in [0.29, 0.717) is 30.1 Å². The van der Waals surface area contributed by atoms with Gasteiger partial charge in [0, 0.05) is 19.2 Å². The fourth-order valence-electron chi connectivity index (χ4n) is 4.13. The first-order valence-electron chi connectivity index (χ1n) is 8.87. The summed E-state index contributed by atoms with van der Waals surface area (Å²) in [4.78, 5) is 13.1. The second kappa shape index (κ2) is 6.78. The van der Waals surface area contributed by atoms with E-state index in [1.807, 2.05) is 0 Å². The highest BCUT2D eigenvalue weighted by molar-refractivity contribution is 5.77. The lowest BCUT2D eigenvalue weighted by molar-refractivity contribution is -0.160. The number of halogens is 3. The fraction of sp³-hybridized carbons (Fsp3) is 0.611. The maximum atomic E-state index is 12.5. The van der Waals surface area contributed by atoms with E-state index in [-0.39, 0.29) is 31.7 Å². The van der Waals surface area contributed by atoms with Crippen molar-refractivity contribution in [2.45, 2.75) is 37.6 Å². The first-order chi connectivity index (χ1) is 12.8. The van der Waals surface area contributed by atoms with E-state index in [1.165, 1.54) is 4.90 Å². The Morgan fingerprint density at radius 3 is 2.63 bits per heavy atom. The summed E-state index contributed by atoms with van der Waals surface area (Å²) in [7, 11) is 0. The van der Waals surface area contributed by atoms with E-state index >= 15 is 0 Å². The van der Waals surface area contributed by atoms with E-state index in [4.69, 9.17) is 14.2 Å². The Hall–Kier alpha value is -2.16. The van der Waals surface area contributed by atoms with Crippen LogP contribution in [0.2, 0.25) is 0 Å². The van der Waals surface area contributed by atoms with Crippen molar-refractivity contribution in [2.75, 3.05) is 19.9 Å². The van der Waals surface area contributed by atoms with Crippen molar-refractivity contribution in [3.05, 3.63) is 18.2 Å². The standard InChI is InChI=1S/C18H20F3NO5/c19-18(20,21)6-17(24)22-7-10-3-13(23)15(4-11(10)8-22)27-12-1-2-14-16(5-12)26-9-25-14/h1-2,5,10-11,13,15,23H,3-4,6-9H2/t10-,11+,13+,15+/m0/s1. The van der Waals surface area contributed by atoms with Crippen LogP contribution >= 0.6 is 0 Å². The van der Waals surface area contributed by atoms with Crippen LogP contribution in [0.3, 0.4) is 0 Å². The topological polar surface area (TPSA) is 68.2 Å². The first-order valence-corrected chi connectivity index (χ1v) is 8.87. The minimum atomic E-state index is -4.50. The third kappa shape index (κ3) is 3.92. The van der Waals surface area contributed by atoms with Gasteiger partial charge in [-0.3, -0.25) is 4.79 Å². The van der Waals surface area contributed by atoms with Gasteiger partial charge >= 0.3 is 6.18 Å². The highest BCUT2D eigenvalue weighted by Crippen LogP contribution is 2.40. The van der Waals surface area contributed by atoms with E-state index < -0.39 is 30.7 Å². The molecule has 2 heterocycles. The molecule has 3 aliphatic rings. The third-order valence-electron chi connectivity index (χ3n) is 5.42. The monoisotopic (exact) mass is 387 g/mol. The minimum Gasteiger partial charge on any atom is -0.488 e. The molecule has 1 aromatic rings. The zero-order chi connectivity index (χ0) is 19.2. The smallest absolute Gasteiger partial charge is 0.397 e. The summed E-state index contributed by atoms with van der Waals surface area (Å²) < 4.78 is 53.9. The Morgan fingerprint density at radius 1 is 1.19 bits per heavy atom. The average molecular weight is 387 g/mol. The lowest BCUT2D eigenvalue weighted by atomic mass is 9.78. The molecule has 4 rings (SSSR count). The average Bonchev–Trinajstić information content (AvgIpc) is 3.19. The molecule has 0 aromatic heterocycles. The quantitative estimate of drug-likeness (QED) is 0.862. The van der Waals surface area contributed by atoms with Crippen LogP contribution in [0.4, 0.5) is 13.2 Å². The number of benzene rings is 1. The highest BCUT2D eigenvalue weighted by Gasteiger charge is 2.45. The summed E-state index contributed by atoms with van der Waals surface area (Å²) in [6.45, 7) is 0.678. The van der Waals surface area contributed by atoms with Gasteiger partial charge in [-0.1, -0.05) is 0 Å². The van der Waals surface area contributed by atoms with Gasteiger partial charge in [-0.05, 0) is 36.8 Å². The lowest BCUT2D eigenvalue weighted by Gasteiger charge is -2.35. The molecule has 0 bridgehead atoms. The summed E-state index contributed by atoms with van der Waals surface area (Å²) in [5, 5.41) is 10.4. The Kier molecular flexibility index (Phi) is 4.57. The summed E-state index contributed by atoms with van der Waals surface area (Å²) in [5.74, 6) is 0.837. The summed E-state index contributed by atoms with van der Waals surface area (Å²) >= 11 is 0. The molecule has 4 atom stereocenters. The first kappa shape index (κ1) is 18.2. The van der Waals surface area contributed by atoms with Gasteiger partial charge in [0.1, 0.15) is 18.3 Å². The van der Waals surface area contributed by atoms with Crippen molar-refractivity contribution in [3.63, 3.8) is 0 Å². The van der Waals surface area contributed by atoms with Gasteiger partial charge in [-0.2, -0.15) is 13.2 Å². The van der Waals surface area contributed by atoms with Gasteiger partial charge < -0.3 is 24.2 Å². The van der Waals surface area contributed by atoms with Crippen molar-refractivity contribution in [2.24, 2.45) is 11.8 Å². The maximum absolute atomic E-state index is 12.5. The molecule has 0 radical (unpaired) electrons. The molecular weight excluding hydrogens is 367 g/mol. The number of nitrogens with zero attached hydrogens (tertiary/aromatic N) is 1. The van der Waals surface area contributed by atoms with Crippen LogP contribution < -0.4 is 14.2 Å². The van der Waals surface area contributed by atoms with Crippen LogP contribution in [0.25, 0.3) is 0 Å². The number of carbonyl (C=O) groups excluding carboxylic acids is 1. The molecular formula is C18H20F3NO5. The lowest BCUT2D eigenvalue weighted by Crippen LogP contribution is -2.42. The molecule has 27 heavy (non-hydrogen) atoms. The number of rotatable bonds is 3. The number of aliphatic hydroxyl groups is 1. The predicted molar refractivity (Wildman–Crippen MR) is 86.5 cm³/mol. The Balaban J connectivity index is 1.38. The molecule has 1 amide bonds. The maximum Gasteiger partial charge on any atom is 0.397 e.